The van der Waals surface area contributed by atoms with E-state index in [2.05, 4.69) is 16.9 Å². The second-order valence-corrected chi connectivity index (χ2v) is 4.25. The number of hydrogen-bond acceptors (Lipinski definition) is 3. The first-order valence-electron chi connectivity index (χ1n) is 5.21. The van der Waals surface area contributed by atoms with E-state index in [9.17, 15) is 0 Å². The lowest BCUT2D eigenvalue weighted by molar-refractivity contribution is 0.436. The predicted molar refractivity (Wildman–Crippen MR) is 58.2 cm³/mol. The van der Waals surface area contributed by atoms with Crippen molar-refractivity contribution in [1.82, 2.24) is 9.78 Å². The molecule has 2 N–H and O–H groups in total. The first-order chi connectivity index (χ1) is 6.66. The Morgan fingerprint density at radius 2 is 2.07 bits per heavy atom. The van der Waals surface area contributed by atoms with Gasteiger partial charge in [-0.3, -0.25) is 4.68 Å². The third-order valence-corrected chi connectivity index (χ3v) is 2.92. The minimum atomic E-state index is 0.794. The molecule has 0 aliphatic carbocycles. The van der Waals surface area contributed by atoms with Crippen LogP contribution in [0.5, 0.6) is 0 Å². The summed E-state index contributed by atoms with van der Waals surface area (Å²) in [6.07, 6.45) is 4.36. The molecule has 4 nitrogen and oxygen atoms in total. The molecule has 0 atom stereocenters. The van der Waals surface area contributed by atoms with Crippen molar-refractivity contribution >= 4 is 11.5 Å². The van der Waals surface area contributed by atoms with Gasteiger partial charge in [-0.1, -0.05) is 6.92 Å². The third kappa shape index (κ3) is 1.69. The molecule has 4 heteroatoms. The van der Waals surface area contributed by atoms with Crippen molar-refractivity contribution in [2.75, 3.05) is 23.7 Å². The summed E-state index contributed by atoms with van der Waals surface area (Å²) in [5.74, 6) is 1.80. The molecule has 1 saturated heterocycles. The standard InChI is InChI=1S/C10H18N4/c1-8-3-5-14(6-4-8)10-9(11)7-13(2)12-10/h7-8H,3-6,11H2,1-2H3. The zero-order valence-corrected chi connectivity index (χ0v) is 8.90. The van der Waals surface area contributed by atoms with E-state index < -0.39 is 0 Å². The van der Waals surface area contributed by atoms with E-state index in [0.717, 1.165) is 30.5 Å². The van der Waals surface area contributed by atoms with Crippen molar-refractivity contribution < 1.29 is 0 Å². The molecule has 2 heterocycles. The molecular formula is C10H18N4. The lowest BCUT2D eigenvalue weighted by Crippen LogP contribution is -2.33. The molecule has 0 spiro atoms. The topological polar surface area (TPSA) is 47.1 Å². The number of anilines is 2. The molecule has 0 aromatic carbocycles. The molecule has 1 fully saturated rings. The number of hydrogen-bond donors (Lipinski definition) is 1. The van der Waals surface area contributed by atoms with Gasteiger partial charge < -0.3 is 10.6 Å². The summed E-state index contributed by atoms with van der Waals surface area (Å²) in [7, 11) is 1.91. The molecule has 1 aromatic rings. The van der Waals surface area contributed by atoms with Gasteiger partial charge in [0.25, 0.3) is 0 Å². The maximum atomic E-state index is 5.88. The Hall–Kier alpha value is -1.19. The van der Waals surface area contributed by atoms with E-state index >= 15 is 0 Å². The minimum Gasteiger partial charge on any atom is -0.394 e. The fraction of sp³-hybridized carbons (Fsp3) is 0.700. The molecular weight excluding hydrogens is 176 g/mol. The number of aryl methyl sites for hydroxylation is 1. The van der Waals surface area contributed by atoms with Gasteiger partial charge in [-0.2, -0.15) is 5.10 Å². The van der Waals surface area contributed by atoms with E-state index in [1.165, 1.54) is 12.8 Å². The monoisotopic (exact) mass is 194 g/mol. The van der Waals surface area contributed by atoms with Crippen molar-refractivity contribution in [3.63, 3.8) is 0 Å². The highest BCUT2D eigenvalue weighted by molar-refractivity contribution is 5.61. The Kier molecular flexibility index (Phi) is 2.35. The number of nitrogens with two attached hydrogens (primary N) is 1. The fourth-order valence-corrected chi connectivity index (χ4v) is 1.96. The van der Waals surface area contributed by atoms with Gasteiger partial charge >= 0.3 is 0 Å². The summed E-state index contributed by atoms with van der Waals surface area (Å²) >= 11 is 0. The van der Waals surface area contributed by atoms with Gasteiger partial charge in [-0.05, 0) is 18.8 Å². The molecule has 0 bridgehead atoms. The largest absolute Gasteiger partial charge is 0.394 e. The average molecular weight is 194 g/mol. The molecule has 1 aromatic heterocycles. The quantitative estimate of drug-likeness (QED) is 0.731. The van der Waals surface area contributed by atoms with Crippen LogP contribution in [-0.4, -0.2) is 22.9 Å². The number of nitrogens with zero attached hydrogens (tertiary/aromatic N) is 3. The third-order valence-electron chi connectivity index (χ3n) is 2.92. The SMILES string of the molecule is CC1CCN(c2nn(C)cc2N)CC1. The smallest absolute Gasteiger partial charge is 0.173 e. The Bertz CT molecular complexity index is 310. The molecule has 0 unspecified atom stereocenters. The summed E-state index contributed by atoms with van der Waals surface area (Å²) in [5, 5.41) is 4.38. The van der Waals surface area contributed by atoms with E-state index in [4.69, 9.17) is 5.73 Å². The number of piperidine rings is 1. The summed E-state index contributed by atoms with van der Waals surface area (Å²) in [4.78, 5) is 2.29. The van der Waals surface area contributed by atoms with Crippen LogP contribution < -0.4 is 10.6 Å². The number of aromatic nitrogens is 2. The molecule has 1 aliphatic rings. The van der Waals surface area contributed by atoms with Crippen LogP contribution in [0.3, 0.4) is 0 Å². The van der Waals surface area contributed by atoms with Crippen LogP contribution in [-0.2, 0) is 7.05 Å². The second kappa shape index (κ2) is 3.52. The van der Waals surface area contributed by atoms with Crippen LogP contribution in [0.25, 0.3) is 0 Å². The van der Waals surface area contributed by atoms with Crippen molar-refractivity contribution in [2.45, 2.75) is 19.8 Å². The van der Waals surface area contributed by atoms with E-state index in [1.54, 1.807) is 4.68 Å². The Balaban J connectivity index is 2.11. The first-order valence-corrected chi connectivity index (χ1v) is 5.21. The van der Waals surface area contributed by atoms with E-state index in [0.29, 0.717) is 0 Å². The van der Waals surface area contributed by atoms with Crippen LogP contribution in [0.4, 0.5) is 11.5 Å². The second-order valence-electron chi connectivity index (χ2n) is 4.25. The van der Waals surface area contributed by atoms with Crippen LogP contribution in [0, 0.1) is 5.92 Å². The van der Waals surface area contributed by atoms with E-state index in [1.807, 2.05) is 13.2 Å². The van der Waals surface area contributed by atoms with Gasteiger partial charge in [0.05, 0.1) is 5.69 Å². The van der Waals surface area contributed by atoms with Gasteiger partial charge in [0, 0.05) is 26.3 Å². The highest BCUT2D eigenvalue weighted by atomic mass is 15.3. The van der Waals surface area contributed by atoms with Gasteiger partial charge in [0.15, 0.2) is 5.82 Å². The zero-order valence-electron chi connectivity index (χ0n) is 8.90. The molecule has 0 amide bonds. The number of rotatable bonds is 1. The van der Waals surface area contributed by atoms with Crippen molar-refractivity contribution in [3.8, 4) is 0 Å². The minimum absolute atomic E-state index is 0.794. The van der Waals surface area contributed by atoms with Gasteiger partial charge in [0.2, 0.25) is 0 Å². The zero-order chi connectivity index (χ0) is 10.1. The lowest BCUT2D eigenvalue weighted by atomic mass is 9.99. The van der Waals surface area contributed by atoms with Crippen molar-refractivity contribution in [1.29, 1.82) is 0 Å². The van der Waals surface area contributed by atoms with E-state index in [-0.39, 0.29) is 0 Å². The van der Waals surface area contributed by atoms with Crippen molar-refractivity contribution in [3.05, 3.63) is 6.20 Å². The average Bonchev–Trinajstić information content (AvgIpc) is 2.47. The number of nitrogen functional groups attached to an aromatic ring is 1. The Morgan fingerprint density at radius 3 is 2.57 bits per heavy atom. The van der Waals surface area contributed by atoms with Gasteiger partial charge in [-0.15, -0.1) is 0 Å². The summed E-state index contributed by atoms with van der Waals surface area (Å²) in [6, 6.07) is 0. The summed E-state index contributed by atoms with van der Waals surface area (Å²) in [5.41, 5.74) is 6.68. The predicted octanol–water partition coefficient (Wildman–Crippen LogP) is 1.24. The Labute approximate surface area is 84.7 Å². The maximum absolute atomic E-state index is 5.88. The van der Waals surface area contributed by atoms with Crippen LogP contribution in [0.1, 0.15) is 19.8 Å². The molecule has 14 heavy (non-hydrogen) atoms. The molecule has 0 radical (unpaired) electrons. The fourth-order valence-electron chi connectivity index (χ4n) is 1.96. The molecule has 78 valence electrons. The highest BCUT2D eigenvalue weighted by Crippen LogP contribution is 2.25. The normalized spacial score (nSPS) is 18.9. The summed E-state index contributed by atoms with van der Waals surface area (Å²) < 4.78 is 1.78. The molecule has 1 aliphatic heterocycles. The highest BCUT2D eigenvalue weighted by Gasteiger charge is 2.19. The van der Waals surface area contributed by atoms with Gasteiger partial charge in [-0.25, -0.2) is 0 Å². The summed E-state index contributed by atoms with van der Waals surface area (Å²) in [6.45, 7) is 4.48. The van der Waals surface area contributed by atoms with Crippen LogP contribution >= 0.6 is 0 Å². The molecule has 0 saturated carbocycles. The van der Waals surface area contributed by atoms with Crippen LogP contribution in [0.15, 0.2) is 6.20 Å². The van der Waals surface area contributed by atoms with Gasteiger partial charge in [0.1, 0.15) is 0 Å². The first kappa shape index (κ1) is 9.37. The van der Waals surface area contributed by atoms with Crippen molar-refractivity contribution in [2.24, 2.45) is 13.0 Å². The van der Waals surface area contributed by atoms with Crippen LogP contribution in [0.2, 0.25) is 0 Å². The lowest BCUT2D eigenvalue weighted by Gasteiger charge is -2.30. The Morgan fingerprint density at radius 1 is 1.43 bits per heavy atom. The molecule has 2 rings (SSSR count). The maximum Gasteiger partial charge on any atom is 0.173 e.